The molecule has 6 nitrogen and oxygen atoms in total. The molecule has 0 saturated heterocycles. The van der Waals surface area contributed by atoms with E-state index in [0.29, 0.717) is 48.0 Å². The van der Waals surface area contributed by atoms with E-state index in [0.717, 1.165) is 68.1 Å². The van der Waals surface area contributed by atoms with Crippen LogP contribution in [0.5, 0.6) is 0 Å². The molecule has 2 aliphatic rings. The molecule has 8 heteroatoms. The Morgan fingerprint density at radius 3 is 2.05 bits per heavy atom. The average Bonchev–Trinajstić information content (AvgIpc) is 2.99. The summed E-state index contributed by atoms with van der Waals surface area (Å²) in [5.41, 5.74) is 3.62. The van der Waals surface area contributed by atoms with Gasteiger partial charge in [-0.25, -0.2) is 13.9 Å². The Morgan fingerprint density at radius 2 is 1.52 bits per heavy atom. The smallest absolute Gasteiger partial charge is 0.326 e. The Balaban J connectivity index is 1.82. The number of carbonyl (C=O) groups is 2. The Morgan fingerprint density at radius 1 is 0.929 bits per heavy atom. The maximum Gasteiger partial charge on any atom is 0.326 e. The topological polar surface area (TPSA) is 101 Å². The summed E-state index contributed by atoms with van der Waals surface area (Å²) in [4.78, 5) is 25.6. The van der Waals surface area contributed by atoms with E-state index < -0.39 is 30.8 Å². The summed E-state index contributed by atoms with van der Waals surface area (Å²) in [6.45, 7) is 1.98. The van der Waals surface area contributed by atoms with Gasteiger partial charge in [-0.2, -0.15) is 11.8 Å². The Labute approximate surface area is 255 Å². The lowest BCUT2D eigenvalue weighted by Gasteiger charge is -2.37. The van der Waals surface area contributed by atoms with Crippen LogP contribution in [0, 0.1) is 18.8 Å². The van der Waals surface area contributed by atoms with Gasteiger partial charge in [-0.15, -0.1) is 0 Å². The van der Waals surface area contributed by atoms with Crippen LogP contribution >= 0.6 is 19.4 Å². The minimum absolute atomic E-state index is 0.322. The minimum Gasteiger partial charge on any atom is -0.480 e. The molecule has 0 radical (unpaired) electrons. The summed E-state index contributed by atoms with van der Waals surface area (Å²) in [7, 11) is -2.80. The van der Waals surface area contributed by atoms with Gasteiger partial charge < -0.3 is 10.4 Å². The number of hydrogen-bond donors (Lipinski definition) is 2. The van der Waals surface area contributed by atoms with Gasteiger partial charge in [0.25, 0.3) is 5.91 Å². The first kappa shape index (κ1) is 32.5. The predicted molar refractivity (Wildman–Crippen MR) is 171 cm³/mol. The second-order valence-electron chi connectivity index (χ2n) is 12.4. The number of carboxylic acids is 1. The van der Waals surface area contributed by atoms with Gasteiger partial charge in [0.2, 0.25) is 0 Å². The maximum atomic E-state index is 13.7. The summed E-state index contributed by atoms with van der Waals surface area (Å²) in [6, 6.07) is 12.3. The van der Waals surface area contributed by atoms with Crippen molar-refractivity contribution in [1.29, 1.82) is 0 Å². The molecule has 0 aliphatic heterocycles. The normalized spacial score (nSPS) is 17.5. The van der Waals surface area contributed by atoms with Crippen LogP contribution in [-0.2, 0) is 19.1 Å². The lowest BCUT2D eigenvalue weighted by Crippen LogP contribution is -2.41. The minimum atomic E-state index is -2.80. The molecule has 0 unspecified atom stereocenters. The van der Waals surface area contributed by atoms with Gasteiger partial charge in [0.05, 0.1) is 0 Å². The lowest BCUT2D eigenvalue weighted by atomic mass is 9.73. The van der Waals surface area contributed by atoms with Crippen LogP contribution in [0.3, 0.4) is 0 Å². The second kappa shape index (κ2) is 15.4. The number of nitrogens with one attached hydrogen (secondary N) is 1. The van der Waals surface area contributed by atoms with Gasteiger partial charge in [0.1, 0.15) is 11.2 Å². The van der Waals surface area contributed by atoms with E-state index in [1.54, 1.807) is 6.07 Å². The largest absolute Gasteiger partial charge is 0.480 e. The van der Waals surface area contributed by atoms with Gasteiger partial charge in [-0.1, -0.05) is 94.5 Å². The van der Waals surface area contributed by atoms with Crippen molar-refractivity contribution in [1.82, 2.24) is 5.32 Å². The number of carboxylic acid groups (broad SMARTS) is 1. The molecule has 2 aromatic carbocycles. The fourth-order valence-electron chi connectivity index (χ4n) is 7.17. The third-order valence-corrected chi connectivity index (χ3v) is 11.5. The molecule has 0 bridgehead atoms. The highest BCUT2D eigenvalue weighted by Gasteiger charge is 2.43. The number of amides is 1. The van der Waals surface area contributed by atoms with E-state index in [9.17, 15) is 23.8 Å². The van der Waals surface area contributed by atoms with Crippen LogP contribution in [0.2, 0.25) is 0 Å². The predicted octanol–water partition coefficient (Wildman–Crippen LogP) is 8.91. The van der Waals surface area contributed by atoms with Crippen molar-refractivity contribution in [3.8, 4) is 11.1 Å². The van der Waals surface area contributed by atoms with Crippen LogP contribution in [0.25, 0.3) is 11.1 Å². The quantitative estimate of drug-likeness (QED) is 0.219. The third-order valence-electron chi connectivity index (χ3n) is 9.50. The Bertz CT molecular complexity index is 1270. The van der Waals surface area contributed by atoms with E-state index >= 15 is 0 Å². The number of hydrogen-bond acceptors (Lipinski definition) is 5. The monoisotopic (exact) mass is 611 g/mol. The zero-order valence-corrected chi connectivity index (χ0v) is 26.8. The maximum absolute atomic E-state index is 13.7. The number of benzene rings is 2. The molecule has 2 fully saturated rings. The van der Waals surface area contributed by atoms with Gasteiger partial charge in [0.15, 0.2) is 0 Å². The molecule has 2 saturated carbocycles. The Kier molecular flexibility index (Phi) is 11.9. The van der Waals surface area contributed by atoms with E-state index in [4.69, 9.17) is 0 Å². The van der Waals surface area contributed by atoms with Crippen LogP contribution in [-0.4, -0.2) is 35.0 Å². The fourth-order valence-corrected chi connectivity index (χ4v) is 8.81. The first-order chi connectivity index (χ1) is 20.2. The number of aryl methyl sites for hydroxylation is 1. The molecule has 2 aromatic rings. The summed E-state index contributed by atoms with van der Waals surface area (Å²) < 4.78 is 27.0. The van der Waals surface area contributed by atoms with Crippen molar-refractivity contribution in [3.63, 3.8) is 0 Å². The summed E-state index contributed by atoms with van der Waals surface area (Å²) in [6.07, 6.45) is 14.7. The summed E-state index contributed by atoms with van der Waals surface area (Å²) >= 11 is 1.54. The SMILES string of the molecule is CSCC[C@H](NC(=O)c1ccc(C(CC2CCCCC2)(CC2CCCCC2)P(=O)=O)cc1-c1ccccc1C)C(=O)O. The van der Waals surface area contributed by atoms with Crippen LogP contribution < -0.4 is 5.32 Å². The van der Waals surface area contributed by atoms with Crippen molar-refractivity contribution in [3.05, 3.63) is 59.2 Å². The zero-order valence-electron chi connectivity index (χ0n) is 25.1. The molecule has 42 heavy (non-hydrogen) atoms. The van der Waals surface area contributed by atoms with Gasteiger partial charge in [-0.05, 0) is 84.4 Å². The van der Waals surface area contributed by atoms with Gasteiger partial charge >= 0.3 is 13.6 Å². The van der Waals surface area contributed by atoms with Crippen molar-refractivity contribution >= 4 is 31.3 Å². The standard InChI is InChI=1S/C34H46NO5PS/c1-24-11-9-10-16-28(24)30-21-27(17-18-29(30)32(36)35-31(33(37)38)19-20-42-2)34(41(39)40,22-25-12-5-3-6-13-25)23-26-14-7-4-8-15-26/h9-11,16-18,21,25-26,31H,3-8,12-15,19-20,22-23H2,1-2H3,(H,35,36)(H,37,38)/t31-/m0/s1. The number of aliphatic carboxylic acids is 1. The van der Waals surface area contributed by atoms with E-state index in [2.05, 4.69) is 5.32 Å². The highest BCUT2D eigenvalue weighted by molar-refractivity contribution is 7.98. The third kappa shape index (κ3) is 7.96. The molecular formula is C34H46NO5PS. The van der Waals surface area contributed by atoms with Crippen LogP contribution in [0.1, 0.15) is 105 Å². The highest BCUT2D eigenvalue weighted by atomic mass is 32.2. The van der Waals surface area contributed by atoms with E-state index in [1.165, 1.54) is 24.6 Å². The Hall–Kier alpha value is -2.37. The van der Waals surface area contributed by atoms with Crippen molar-refractivity contribution < 1.29 is 23.8 Å². The second-order valence-corrected chi connectivity index (χ2v) is 14.8. The molecule has 1 atom stereocenters. The number of rotatable bonds is 13. The fraction of sp³-hybridized carbons (Fsp3) is 0.588. The van der Waals surface area contributed by atoms with Crippen LogP contribution in [0.4, 0.5) is 0 Å². The summed E-state index contributed by atoms with van der Waals surface area (Å²) in [5.74, 6) is -0.165. The summed E-state index contributed by atoms with van der Waals surface area (Å²) in [5, 5.41) is 11.5. The molecule has 1 amide bonds. The number of thioether (sulfide) groups is 1. The van der Waals surface area contributed by atoms with Crippen LogP contribution in [0.15, 0.2) is 42.5 Å². The molecule has 0 heterocycles. The van der Waals surface area contributed by atoms with E-state index in [1.807, 2.05) is 49.6 Å². The van der Waals surface area contributed by atoms with Gasteiger partial charge in [-0.3, -0.25) is 4.79 Å². The van der Waals surface area contributed by atoms with E-state index in [-0.39, 0.29) is 0 Å². The molecule has 0 aromatic heterocycles. The molecular weight excluding hydrogens is 565 g/mol. The highest BCUT2D eigenvalue weighted by Crippen LogP contribution is 2.53. The first-order valence-corrected chi connectivity index (χ1v) is 18.2. The molecule has 228 valence electrons. The zero-order chi connectivity index (χ0) is 30.1. The van der Waals surface area contributed by atoms with Gasteiger partial charge in [0, 0.05) is 5.56 Å². The molecule has 2 N–H and O–H groups in total. The van der Waals surface area contributed by atoms with Crippen molar-refractivity contribution in [2.24, 2.45) is 11.8 Å². The lowest BCUT2D eigenvalue weighted by molar-refractivity contribution is -0.139. The molecule has 2 aliphatic carbocycles. The first-order valence-electron chi connectivity index (χ1n) is 15.6. The van der Waals surface area contributed by atoms with Crippen molar-refractivity contribution in [2.75, 3.05) is 12.0 Å². The molecule has 0 spiro atoms. The average molecular weight is 612 g/mol. The molecule has 4 rings (SSSR count). The van der Waals surface area contributed by atoms with Crippen molar-refractivity contribution in [2.45, 2.75) is 102 Å². The number of carbonyl (C=O) groups excluding carboxylic acids is 1.